The average molecular weight is 230 g/mol. The summed E-state index contributed by atoms with van der Waals surface area (Å²) < 4.78 is 5.04. The summed E-state index contributed by atoms with van der Waals surface area (Å²) in [5.74, 6) is -1.34. The maximum atomic E-state index is 11.7. The van der Waals surface area contributed by atoms with Gasteiger partial charge in [-0.15, -0.1) is 0 Å². The number of carboxylic acids is 1. The summed E-state index contributed by atoms with van der Waals surface area (Å²) >= 11 is 0. The van der Waals surface area contributed by atoms with E-state index >= 15 is 0 Å². The summed E-state index contributed by atoms with van der Waals surface area (Å²) in [6, 6.07) is 0. The SMILES string of the molecule is CCC(C)(C)C(=O)O[C@@H](CC(C)C)C(=O)O. The summed E-state index contributed by atoms with van der Waals surface area (Å²) in [5.41, 5.74) is -0.620. The van der Waals surface area contributed by atoms with Gasteiger partial charge in [-0.25, -0.2) is 4.79 Å². The molecule has 4 nitrogen and oxygen atoms in total. The largest absolute Gasteiger partial charge is 0.479 e. The number of rotatable bonds is 6. The van der Waals surface area contributed by atoms with Crippen molar-refractivity contribution < 1.29 is 19.4 Å². The van der Waals surface area contributed by atoms with Crippen LogP contribution in [0.2, 0.25) is 0 Å². The molecule has 0 aromatic carbocycles. The minimum Gasteiger partial charge on any atom is -0.479 e. The van der Waals surface area contributed by atoms with Gasteiger partial charge in [0.15, 0.2) is 6.10 Å². The van der Waals surface area contributed by atoms with E-state index in [2.05, 4.69) is 0 Å². The molecule has 0 aliphatic carbocycles. The van der Waals surface area contributed by atoms with Crippen LogP contribution in [0.5, 0.6) is 0 Å². The van der Waals surface area contributed by atoms with Crippen LogP contribution in [0, 0.1) is 11.3 Å². The number of aliphatic carboxylic acids is 1. The number of hydrogen-bond donors (Lipinski definition) is 1. The number of esters is 1. The maximum absolute atomic E-state index is 11.7. The van der Waals surface area contributed by atoms with Crippen LogP contribution in [0.4, 0.5) is 0 Å². The molecule has 0 fully saturated rings. The zero-order chi connectivity index (χ0) is 12.9. The van der Waals surface area contributed by atoms with E-state index in [-0.39, 0.29) is 5.92 Å². The molecule has 0 spiro atoms. The van der Waals surface area contributed by atoms with Crippen molar-refractivity contribution in [1.29, 1.82) is 0 Å². The van der Waals surface area contributed by atoms with Gasteiger partial charge in [0.1, 0.15) is 0 Å². The zero-order valence-corrected chi connectivity index (χ0v) is 10.7. The molecule has 0 saturated heterocycles. The molecular formula is C12H22O4. The van der Waals surface area contributed by atoms with Gasteiger partial charge >= 0.3 is 11.9 Å². The topological polar surface area (TPSA) is 63.6 Å². The molecule has 0 saturated carbocycles. The maximum Gasteiger partial charge on any atom is 0.345 e. The lowest BCUT2D eigenvalue weighted by molar-refractivity contribution is -0.171. The van der Waals surface area contributed by atoms with Gasteiger partial charge in [-0.3, -0.25) is 4.79 Å². The van der Waals surface area contributed by atoms with Crippen molar-refractivity contribution in [2.45, 2.75) is 53.6 Å². The van der Waals surface area contributed by atoms with Gasteiger partial charge in [-0.05, 0) is 32.6 Å². The third kappa shape index (κ3) is 4.64. The second kappa shape index (κ2) is 5.87. The molecule has 1 N–H and O–H groups in total. The second-order valence-corrected chi connectivity index (χ2v) is 5.10. The molecule has 0 bridgehead atoms. The standard InChI is InChI=1S/C12H22O4/c1-6-12(4,5)11(15)16-9(10(13)14)7-8(2)3/h8-9H,6-7H2,1-5H3,(H,13,14)/t9-/m0/s1. The number of ether oxygens (including phenoxy) is 1. The van der Waals surface area contributed by atoms with Gasteiger partial charge in [0.2, 0.25) is 0 Å². The molecule has 0 aliphatic heterocycles. The minimum absolute atomic E-state index is 0.179. The normalized spacial score (nSPS) is 13.6. The van der Waals surface area contributed by atoms with E-state index < -0.39 is 23.5 Å². The lowest BCUT2D eigenvalue weighted by Gasteiger charge is -2.24. The Morgan fingerprint density at radius 2 is 1.81 bits per heavy atom. The van der Waals surface area contributed by atoms with Crippen molar-refractivity contribution in [3.63, 3.8) is 0 Å². The fourth-order valence-electron chi connectivity index (χ4n) is 1.06. The van der Waals surface area contributed by atoms with E-state index in [0.717, 1.165) is 0 Å². The molecule has 0 unspecified atom stereocenters. The van der Waals surface area contributed by atoms with Crippen LogP contribution < -0.4 is 0 Å². The van der Waals surface area contributed by atoms with E-state index in [1.165, 1.54) is 0 Å². The highest BCUT2D eigenvalue weighted by Gasteiger charge is 2.32. The quantitative estimate of drug-likeness (QED) is 0.712. The Balaban J connectivity index is 4.52. The zero-order valence-electron chi connectivity index (χ0n) is 10.7. The molecule has 16 heavy (non-hydrogen) atoms. The highest BCUT2D eigenvalue weighted by Crippen LogP contribution is 2.23. The highest BCUT2D eigenvalue weighted by atomic mass is 16.6. The number of carbonyl (C=O) groups is 2. The molecule has 0 rings (SSSR count). The third-order valence-corrected chi connectivity index (χ3v) is 2.65. The Labute approximate surface area is 97.0 Å². The van der Waals surface area contributed by atoms with Crippen LogP contribution in [-0.4, -0.2) is 23.1 Å². The summed E-state index contributed by atoms with van der Waals surface area (Å²) in [4.78, 5) is 22.6. The first kappa shape index (κ1) is 14.9. The summed E-state index contributed by atoms with van der Waals surface area (Å²) in [7, 11) is 0. The Bertz CT molecular complexity index is 256. The summed E-state index contributed by atoms with van der Waals surface area (Å²) in [6.07, 6.45) is -0.0564. The molecule has 1 atom stereocenters. The van der Waals surface area contributed by atoms with E-state index in [1.54, 1.807) is 13.8 Å². The predicted octanol–water partition coefficient (Wildman–Crippen LogP) is 2.47. The Morgan fingerprint density at radius 3 is 2.12 bits per heavy atom. The molecule has 94 valence electrons. The van der Waals surface area contributed by atoms with E-state index in [4.69, 9.17) is 9.84 Å². The molecule has 0 aromatic rings. The van der Waals surface area contributed by atoms with Crippen LogP contribution in [0.15, 0.2) is 0 Å². The molecule has 0 aliphatic rings. The monoisotopic (exact) mass is 230 g/mol. The first-order chi connectivity index (χ1) is 7.20. The molecule has 0 aromatic heterocycles. The predicted molar refractivity (Wildman–Crippen MR) is 61.0 cm³/mol. The van der Waals surface area contributed by atoms with E-state index in [0.29, 0.717) is 12.8 Å². The van der Waals surface area contributed by atoms with Gasteiger partial charge in [0, 0.05) is 0 Å². The lowest BCUT2D eigenvalue weighted by Crippen LogP contribution is -2.34. The van der Waals surface area contributed by atoms with Crippen LogP contribution in [0.25, 0.3) is 0 Å². The van der Waals surface area contributed by atoms with E-state index in [1.807, 2.05) is 20.8 Å². The number of hydrogen-bond acceptors (Lipinski definition) is 3. The van der Waals surface area contributed by atoms with Crippen molar-refractivity contribution in [1.82, 2.24) is 0 Å². The molecule has 4 heteroatoms. The van der Waals surface area contributed by atoms with Gasteiger partial charge < -0.3 is 9.84 Å². The van der Waals surface area contributed by atoms with Crippen LogP contribution in [0.3, 0.4) is 0 Å². The molecule has 0 heterocycles. The third-order valence-electron chi connectivity index (χ3n) is 2.65. The first-order valence-electron chi connectivity index (χ1n) is 5.64. The lowest BCUT2D eigenvalue weighted by atomic mass is 9.90. The smallest absolute Gasteiger partial charge is 0.345 e. The molecular weight excluding hydrogens is 208 g/mol. The summed E-state index contributed by atoms with van der Waals surface area (Å²) in [6.45, 7) is 9.18. The Hall–Kier alpha value is -1.06. The number of carboxylic acid groups (broad SMARTS) is 1. The van der Waals surface area contributed by atoms with Crippen molar-refractivity contribution in [3.8, 4) is 0 Å². The van der Waals surface area contributed by atoms with E-state index in [9.17, 15) is 9.59 Å². The molecule has 0 amide bonds. The van der Waals surface area contributed by atoms with Crippen molar-refractivity contribution in [2.75, 3.05) is 0 Å². The minimum atomic E-state index is -1.08. The second-order valence-electron chi connectivity index (χ2n) is 5.10. The van der Waals surface area contributed by atoms with Gasteiger partial charge in [-0.2, -0.15) is 0 Å². The Morgan fingerprint density at radius 1 is 1.31 bits per heavy atom. The van der Waals surface area contributed by atoms with Crippen LogP contribution >= 0.6 is 0 Å². The number of carbonyl (C=O) groups excluding carboxylic acids is 1. The van der Waals surface area contributed by atoms with Gasteiger partial charge in [0.25, 0.3) is 0 Å². The first-order valence-corrected chi connectivity index (χ1v) is 5.64. The van der Waals surface area contributed by atoms with Crippen LogP contribution in [0.1, 0.15) is 47.5 Å². The summed E-state index contributed by atoms with van der Waals surface area (Å²) in [5, 5.41) is 8.93. The van der Waals surface area contributed by atoms with Crippen molar-refractivity contribution in [2.24, 2.45) is 11.3 Å². The van der Waals surface area contributed by atoms with Gasteiger partial charge in [-0.1, -0.05) is 20.8 Å². The average Bonchev–Trinajstić information content (AvgIpc) is 2.15. The van der Waals surface area contributed by atoms with Crippen molar-refractivity contribution >= 4 is 11.9 Å². The van der Waals surface area contributed by atoms with Crippen molar-refractivity contribution in [3.05, 3.63) is 0 Å². The molecule has 0 radical (unpaired) electrons. The van der Waals surface area contributed by atoms with Gasteiger partial charge in [0.05, 0.1) is 5.41 Å². The Kier molecular flexibility index (Phi) is 5.48. The van der Waals surface area contributed by atoms with Crippen LogP contribution in [-0.2, 0) is 14.3 Å². The fourth-order valence-corrected chi connectivity index (χ4v) is 1.06. The fraction of sp³-hybridized carbons (Fsp3) is 0.833. The highest BCUT2D eigenvalue weighted by molar-refractivity contribution is 5.80.